The van der Waals surface area contributed by atoms with E-state index < -0.39 is 18.5 Å². The summed E-state index contributed by atoms with van der Waals surface area (Å²) < 4.78 is 6.47. The molecule has 0 aliphatic heterocycles. The van der Waals surface area contributed by atoms with Gasteiger partial charge in [-0.05, 0) is 0 Å². The number of carbonyl (C=O) groups excluding carboxylic acids is 1. The second-order valence-electron chi connectivity index (χ2n) is 0.986. The molecule has 14 heavy (non-hydrogen) atoms. The van der Waals surface area contributed by atoms with Gasteiger partial charge >= 0.3 is 180 Å². The Hall–Kier alpha value is 3.48. The van der Waals surface area contributed by atoms with Crippen LogP contribution in [-0.2, 0) is 9.47 Å². The summed E-state index contributed by atoms with van der Waals surface area (Å²) in [5.74, 6) is 0. The first-order valence-corrected chi connectivity index (χ1v) is 1.88. The van der Waals surface area contributed by atoms with E-state index in [0.717, 1.165) is 0 Å². The SMILES string of the molecule is O=C(O)OC(=O)OC(=O)O.[KH].[KH].[NaH].[NaH]. The zero-order chi connectivity index (χ0) is 8.15. The standard InChI is InChI=1S/C3H2O7.2K.2Na.4H/c4-1(5)9-3(8)10-2(6)7;;;;;;;;/h(H,4,5)(H,6,7);;;;;;;;. The summed E-state index contributed by atoms with van der Waals surface area (Å²) >= 11 is 0. The van der Waals surface area contributed by atoms with Gasteiger partial charge in [0.05, 0.1) is 0 Å². The number of carbonyl (C=O) groups is 3. The molecule has 0 spiro atoms. The Kier molecular flexibility index (Phi) is 41.0. The third-order valence-corrected chi connectivity index (χ3v) is 0.341. The predicted octanol–water partition coefficient (Wildman–Crippen LogP) is -2.10. The molecule has 0 fully saturated rings. The molecule has 0 radical (unpaired) electrons. The Morgan fingerprint density at radius 3 is 1.14 bits per heavy atom. The van der Waals surface area contributed by atoms with Gasteiger partial charge in [0.1, 0.15) is 0 Å². The molecule has 0 atom stereocenters. The van der Waals surface area contributed by atoms with Gasteiger partial charge in [0.15, 0.2) is 0 Å². The van der Waals surface area contributed by atoms with E-state index in [0.29, 0.717) is 0 Å². The minimum atomic E-state index is -1.92. The summed E-state index contributed by atoms with van der Waals surface area (Å²) in [6, 6.07) is 0. The maximum absolute atomic E-state index is 9.86. The van der Waals surface area contributed by atoms with Gasteiger partial charge in [-0.1, -0.05) is 0 Å². The van der Waals surface area contributed by atoms with Crippen LogP contribution in [0.1, 0.15) is 0 Å². The van der Waals surface area contributed by atoms with Gasteiger partial charge < -0.3 is 19.7 Å². The van der Waals surface area contributed by atoms with Crippen LogP contribution in [0.2, 0.25) is 0 Å². The monoisotopic (exact) mass is 278 g/mol. The van der Waals surface area contributed by atoms with E-state index in [-0.39, 0.29) is 162 Å². The van der Waals surface area contributed by atoms with Crippen molar-refractivity contribution in [3.05, 3.63) is 0 Å². The molecule has 0 amide bonds. The molecule has 0 aromatic rings. The third kappa shape index (κ3) is 24.6. The van der Waals surface area contributed by atoms with Gasteiger partial charge in [0.2, 0.25) is 0 Å². The van der Waals surface area contributed by atoms with Gasteiger partial charge in [-0.3, -0.25) is 0 Å². The molecule has 0 aromatic heterocycles. The van der Waals surface area contributed by atoms with E-state index in [1.807, 2.05) is 0 Å². The summed E-state index contributed by atoms with van der Waals surface area (Å²) in [5, 5.41) is 15.4. The van der Waals surface area contributed by atoms with Crippen molar-refractivity contribution in [1.82, 2.24) is 0 Å². The fraction of sp³-hybridized carbons (Fsp3) is 0. The zero-order valence-corrected chi connectivity index (χ0v) is 4.44. The Bertz CT molecular complexity index is 168. The molecule has 2 N–H and O–H groups in total. The van der Waals surface area contributed by atoms with Crippen molar-refractivity contribution < 1.29 is 34.1 Å². The summed E-state index contributed by atoms with van der Waals surface area (Å²) in [5.41, 5.74) is 0. The van der Waals surface area contributed by atoms with Crippen molar-refractivity contribution in [2.75, 3.05) is 0 Å². The zero-order valence-electron chi connectivity index (χ0n) is 4.44. The van der Waals surface area contributed by atoms with Crippen molar-refractivity contribution >= 4 is 180 Å². The van der Waals surface area contributed by atoms with Crippen molar-refractivity contribution in [3.8, 4) is 0 Å². The number of hydrogen-bond donors (Lipinski definition) is 2. The topological polar surface area (TPSA) is 110 Å². The average Bonchev–Trinajstić information content (AvgIpc) is 1.58. The molecule has 11 heteroatoms. The molecule has 0 saturated carbocycles. The first-order chi connectivity index (χ1) is 4.52. The molecular weight excluding hydrogens is 272 g/mol. The van der Waals surface area contributed by atoms with E-state index in [9.17, 15) is 14.4 Å². The van der Waals surface area contributed by atoms with E-state index in [1.54, 1.807) is 0 Å². The predicted molar refractivity (Wildman–Crippen MR) is 52.2 cm³/mol. The first kappa shape index (κ1) is 30.5. The summed E-state index contributed by atoms with van der Waals surface area (Å²) in [6.45, 7) is 0. The Balaban J connectivity index is -0.0000000675. The second-order valence-corrected chi connectivity index (χ2v) is 0.986. The molecule has 0 unspecified atom stereocenters. The first-order valence-electron chi connectivity index (χ1n) is 1.88. The van der Waals surface area contributed by atoms with Gasteiger partial charge in [0, 0.05) is 0 Å². The molecule has 7 nitrogen and oxygen atoms in total. The van der Waals surface area contributed by atoms with Crippen LogP contribution in [0.5, 0.6) is 0 Å². The van der Waals surface area contributed by atoms with E-state index >= 15 is 0 Å². The molecule has 0 heterocycles. The van der Waals surface area contributed by atoms with Crippen LogP contribution < -0.4 is 0 Å². The molecule has 64 valence electrons. The molecule has 0 aliphatic rings. The number of hydrogen-bond acceptors (Lipinski definition) is 5. The Morgan fingerprint density at radius 2 is 1.00 bits per heavy atom. The Labute approximate surface area is 208 Å². The quantitative estimate of drug-likeness (QED) is 0.297. The summed E-state index contributed by atoms with van der Waals surface area (Å²) in [6.07, 6.45) is -5.64. The number of rotatable bonds is 0. The van der Waals surface area contributed by atoms with Gasteiger partial charge in [-0.15, -0.1) is 0 Å². The third-order valence-electron chi connectivity index (χ3n) is 0.341. The van der Waals surface area contributed by atoms with Crippen molar-refractivity contribution in [2.24, 2.45) is 0 Å². The van der Waals surface area contributed by atoms with Gasteiger partial charge in [0.25, 0.3) is 0 Å². The van der Waals surface area contributed by atoms with Crippen molar-refractivity contribution in [1.29, 1.82) is 0 Å². The van der Waals surface area contributed by atoms with Crippen molar-refractivity contribution in [2.45, 2.75) is 0 Å². The summed E-state index contributed by atoms with van der Waals surface area (Å²) in [7, 11) is 0. The van der Waals surface area contributed by atoms with Gasteiger partial charge in [-0.25, -0.2) is 14.4 Å². The fourth-order valence-electron chi connectivity index (χ4n) is 0.163. The molecule has 0 saturated heterocycles. The molecule has 0 aliphatic carbocycles. The van der Waals surface area contributed by atoms with E-state index in [1.165, 1.54) is 0 Å². The van der Waals surface area contributed by atoms with Crippen LogP contribution in [0.4, 0.5) is 14.4 Å². The van der Waals surface area contributed by atoms with Crippen molar-refractivity contribution in [3.63, 3.8) is 0 Å². The van der Waals surface area contributed by atoms with Crippen LogP contribution in [0.15, 0.2) is 0 Å². The normalized spacial score (nSPS) is 5.71. The number of carboxylic acid groups (broad SMARTS) is 2. The van der Waals surface area contributed by atoms with Crippen LogP contribution in [0.25, 0.3) is 0 Å². The number of ether oxygens (including phenoxy) is 2. The van der Waals surface area contributed by atoms with Crippen LogP contribution in [0, 0.1) is 0 Å². The van der Waals surface area contributed by atoms with Gasteiger partial charge in [-0.2, -0.15) is 0 Å². The minimum absolute atomic E-state index is 0. The summed E-state index contributed by atoms with van der Waals surface area (Å²) in [4.78, 5) is 28.8. The average molecular weight is 278 g/mol. The van der Waals surface area contributed by atoms with Crippen LogP contribution >= 0.6 is 0 Å². The van der Waals surface area contributed by atoms with Crippen LogP contribution in [0.3, 0.4) is 0 Å². The Morgan fingerprint density at radius 1 is 0.786 bits per heavy atom. The van der Waals surface area contributed by atoms with Crippen LogP contribution in [-0.4, -0.2) is 191 Å². The molecule has 0 rings (SSSR count). The fourth-order valence-corrected chi connectivity index (χ4v) is 0.163. The van der Waals surface area contributed by atoms with E-state index in [4.69, 9.17) is 10.2 Å². The molecule has 0 aromatic carbocycles. The molecule has 0 bridgehead atoms. The second kappa shape index (κ2) is 18.8. The van der Waals surface area contributed by atoms with E-state index in [2.05, 4.69) is 9.47 Å². The maximum atomic E-state index is 9.86. The molecular formula is C3H6K2Na2O7.